The van der Waals surface area contributed by atoms with E-state index in [1.54, 1.807) is 6.07 Å². The molecule has 2 aromatic carbocycles. The average molecular weight is 377 g/mol. The summed E-state index contributed by atoms with van der Waals surface area (Å²) in [6.45, 7) is 13.5. The number of rotatable bonds is 4. The van der Waals surface area contributed by atoms with E-state index in [-0.39, 0.29) is 10.8 Å². The lowest BCUT2D eigenvalue weighted by molar-refractivity contribution is 0.0696. The van der Waals surface area contributed by atoms with Gasteiger partial charge in [0.1, 0.15) is 0 Å². The number of carboxylic acid groups (broad SMARTS) is 1. The summed E-state index contributed by atoms with van der Waals surface area (Å²) in [5.74, 6) is -0.577. The summed E-state index contributed by atoms with van der Waals surface area (Å²) in [6.07, 6.45) is 6.75. The molecule has 1 N–H and O–H groups in total. The molecule has 0 saturated carbocycles. The van der Waals surface area contributed by atoms with Crippen molar-refractivity contribution in [3.63, 3.8) is 0 Å². The Labute approximate surface area is 169 Å². The second-order valence-electron chi connectivity index (χ2n) is 9.60. The van der Waals surface area contributed by atoms with Crippen molar-refractivity contribution >= 4 is 12.0 Å². The van der Waals surface area contributed by atoms with Crippen LogP contribution < -0.4 is 0 Å². The van der Waals surface area contributed by atoms with Gasteiger partial charge in [-0.3, -0.25) is 0 Å². The van der Waals surface area contributed by atoms with E-state index in [1.807, 2.05) is 19.1 Å². The summed E-state index contributed by atoms with van der Waals surface area (Å²) in [7, 11) is 0. The molecular weight excluding hydrogens is 344 g/mol. The van der Waals surface area contributed by atoms with Crippen molar-refractivity contribution in [3.8, 4) is 0 Å². The van der Waals surface area contributed by atoms with Crippen molar-refractivity contribution in [1.29, 1.82) is 0 Å². The third-order valence-electron chi connectivity index (χ3n) is 6.46. The van der Waals surface area contributed by atoms with Crippen LogP contribution in [0.4, 0.5) is 0 Å². The van der Waals surface area contributed by atoms with Crippen molar-refractivity contribution in [1.82, 2.24) is 0 Å². The monoisotopic (exact) mass is 376 g/mol. The number of aryl methyl sites for hydroxylation is 1. The lowest BCUT2D eigenvalue weighted by Crippen LogP contribution is -2.33. The van der Waals surface area contributed by atoms with Gasteiger partial charge in [0.05, 0.1) is 5.56 Å². The van der Waals surface area contributed by atoms with Gasteiger partial charge in [0.2, 0.25) is 0 Å². The summed E-state index contributed by atoms with van der Waals surface area (Å²) >= 11 is 0. The Kier molecular flexibility index (Phi) is 5.27. The van der Waals surface area contributed by atoms with Gasteiger partial charge in [-0.05, 0) is 70.4 Å². The smallest absolute Gasteiger partial charge is 0.335 e. The number of fused-ring (bicyclic) bond motifs is 1. The van der Waals surface area contributed by atoms with E-state index in [0.29, 0.717) is 11.5 Å². The molecule has 0 radical (unpaired) electrons. The van der Waals surface area contributed by atoms with Gasteiger partial charge < -0.3 is 5.11 Å². The van der Waals surface area contributed by atoms with Gasteiger partial charge in [-0.25, -0.2) is 4.79 Å². The Morgan fingerprint density at radius 3 is 2.25 bits per heavy atom. The molecule has 148 valence electrons. The average Bonchev–Trinajstić information content (AvgIpc) is 2.63. The maximum absolute atomic E-state index is 11.2. The predicted molar refractivity (Wildman–Crippen MR) is 117 cm³/mol. The Bertz CT molecular complexity index is 931. The third kappa shape index (κ3) is 3.92. The molecule has 0 saturated heterocycles. The number of hydrogen-bond acceptors (Lipinski definition) is 1. The van der Waals surface area contributed by atoms with Gasteiger partial charge >= 0.3 is 5.97 Å². The van der Waals surface area contributed by atoms with Crippen LogP contribution in [0.5, 0.6) is 0 Å². The summed E-state index contributed by atoms with van der Waals surface area (Å²) in [5, 5.41) is 9.18. The van der Waals surface area contributed by atoms with Crippen molar-refractivity contribution in [2.24, 2.45) is 0 Å². The zero-order valence-electron chi connectivity index (χ0n) is 18.0. The van der Waals surface area contributed by atoms with Crippen molar-refractivity contribution in [3.05, 3.63) is 75.9 Å². The molecule has 1 aliphatic carbocycles. The molecule has 0 spiro atoms. The SMILES string of the molecule is Cc1cc(C=CC(C)c2ccc3c(c2)C(C)(C)CCC3(C)C)ccc1C(=O)O. The number of hydrogen-bond donors (Lipinski definition) is 1. The highest BCUT2D eigenvalue weighted by molar-refractivity contribution is 5.89. The number of carbonyl (C=O) groups is 1. The summed E-state index contributed by atoms with van der Waals surface area (Å²) in [5.41, 5.74) is 6.96. The zero-order valence-corrected chi connectivity index (χ0v) is 18.0. The van der Waals surface area contributed by atoms with E-state index in [4.69, 9.17) is 0 Å². The molecule has 0 amide bonds. The van der Waals surface area contributed by atoms with Gasteiger partial charge in [0.15, 0.2) is 0 Å². The van der Waals surface area contributed by atoms with Crippen LogP contribution in [0.15, 0.2) is 42.5 Å². The Morgan fingerprint density at radius 1 is 1.00 bits per heavy atom. The molecule has 0 aliphatic heterocycles. The molecule has 2 heteroatoms. The fraction of sp³-hybridized carbons (Fsp3) is 0.423. The maximum atomic E-state index is 11.2. The van der Waals surface area contributed by atoms with Crippen LogP contribution in [-0.2, 0) is 10.8 Å². The third-order valence-corrected chi connectivity index (χ3v) is 6.46. The second-order valence-corrected chi connectivity index (χ2v) is 9.60. The molecule has 0 fully saturated rings. The lowest BCUT2D eigenvalue weighted by Gasteiger charge is -2.42. The molecule has 0 heterocycles. The molecule has 3 rings (SSSR count). The minimum atomic E-state index is -0.874. The quantitative estimate of drug-likeness (QED) is 0.633. The fourth-order valence-electron chi connectivity index (χ4n) is 4.29. The highest BCUT2D eigenvalue weighted by Gasteiger charge is 2.37. The maximum Gasteiger partial charge on any atom is 0.335 e. The molecule has 0 aromatic heterocycles. The van der Waals surface area contributed by atoms with E-state index in [9.17, 15) is 9.90 Å². The number of aromatic carboxylic acids is 1. The van der Waals surface area contributed by atoms with Crippen LogP contribution in [0, 0.1) is 6.92 Å². The van der Waals surface area contributed by atoms with Gasteiger partial charge in [-0.1, -0.05) is 77.1 Å². The molecule has 28 heavy (non-hydrogen) atoms. The molecule has 0 bridgehead atoms. The van der Waals surface area contributed by atoms with Gasteiger partial charge in [-0.2, -0.15) is 0 Å². The van der Waals surface area contributed by atoms with Gasteiger partial charge in [0, 0.05) is 0 Å². The van der Waals surface area contributed by atoms with Crippen molar-refractivity contribution in [2.75, 3.05) is 0 Å². The summed E-state index contributed by atoms with van der Waals surface area (Å²) in [6, 6.07) is 12.5. The highest BCUT2D eigenvalue weighted by Crippen LogP contribution is 2.46. The first-order chi connectivity index (χ1) is 13.0. The normalized spacial score (nSPS) is 18.6. The van der Waals surface area contributed by atoms with Crippen LogP contribution in [0.25, 0.3) is 6.08 Å². The first-order valence-electron chi connectivity index (χ1n) is 10.2. The summed E-state index contributed by atoms with van der Waals surface area (Å²) < 4.78 is 0. The Morgan fingerprint density at radius 2 is 1.64 bits per heavy atom. The topological polar surface area (TPSA) is 37.3 Å². The highest BCUT2D eigenvalue weighted by atomic mass is 16.4. The van der Waals surface area contributed by atoms with Crippen molar-refractivity contribution in [2.45, 2.75) is 71.1 Å². The molecule has 2 nitrogen and oxygen atoms in total. The van der Waals surface area contributed by atoms with E-state index in [1.165, 1.54) is 29.5 Å². The van der Waals surface area contributed by atoms with E-state index in [2.05, 4.69) is 65.0 Å². The summed E-state index contributed by atoms with van der Waals surface area (Å²) in [4.78, 5) is 11.2. The zero-order chi connectivity index (χ0) is 20.7. The van der Waals surface area contributed by atoms with Crippen LogP contribution in [0.1, 0.15) is 91.6 Å². The largest absolute Gasteiger partial charge is 0.478 e. The predicted octanol–water partition coefficient (Wildman–Crippen LogP) is 6.86. The molecule has 1 aliphatic rings. The Balaban J connectivity index is 1.87. The molecule has 2 aromatic rings. The first kappa shape index (κ1) is 20.4. The Hall–Kier alpha value is -2.35. The number of carboxylic acids is 1. The minimum absolute atomic E-state index is 0.216. The van der Waals surface area contributed by atoms with Gasteiger partial charge in [-0.15, -0.1) is 0 Å². The van der Waals surface area contributed by atoms with Crippen molar-refractivity contribution < 1.29 is 9.90 Å². The first-order valence-corrected chi connectivity index (χ1v) is 10.2. The lowest BCUT2D eigenvalue weighted by atomic mass is 9.63. The molecule has 1 atom stereocenters. The molecular formula is C26H32O2. The van der Waals surface area contributed by atoms with E-state index >= 15 is 0 Å². The minimum Gasteiger partial charge on any atom is -0.478 e. The standard InChI is InChI=1S/C26H32O2/c1-17(7-8-19-9-11-21(24(27)28)18(2)15-19)20-10-12-22-23(16-20)26(5,6)14-13-25(22,3)4/h7-12,15-17H,13-14H2,1-6H3,(H,27,28). The van der Waals surface area contributed by atoms with E-state index < -0.39 is 5.97 Å². The number of benzene rings is 2. The molecule has 1 unspecified atom stereocenters. The number of allylic oxidation sites excluding steroid dienone is 1. The second kappa shape index (κ2) is 7.24. The van der Waals surface area contributed by atoms with Crippen LogP contribution in [0.2, 0.25) is 0 Å². The van der Waals surface area contributed by atoms with Crippen LogP contribution in [0.3, 0.4) is 0 Å². The van der Waals surface area contributed by atoms with E-state index in [0.717, 1.165) is 11.1 Å². The van der Waals surface area contributed by atoms with Gasteiger partial charge in [0.25, 0.3) is 0 Å². The van der Waals surface area contributed by atoms with Crippen LogP contribution >= 0.6 is 0 Å². The fourth-order valence-corrected chi connectivity index (χ4v) is 4.29. The van der Waals surface area contributed by atoms with Crippen LogP contribution in [-0.4, -0.2) is 11.1 Å².